The van der Waals surface area contributed by atoms with Crippen LogP contribution in [0.5, 0.6) is 0 Å². The van der Waals surface area contributed by atoms with E-state index in [-0.39, 0.29) is 31.7 Å². The van der Waals surface area contributed by atoms with E-state index in [1.54, 1.807) is 27.0 Å². The molecule has 11 nitrogen and oxygen atoms in total. The van der Waals surface area contributed by atoms with Gasteiger partial charge in [-0.3, -0.25) is 24.4 Å². The molecule has 1 atom stereocenters. The van der Waals surface area contributed by atoms with Crippen molar-refractivity contribution in [2.24, 2.45) is 10.4 Å². The molecule has 0 spiro atoms. The van der Waals surface area contributed by atoms with Gasteiger partial charge in [-0.25, -0.2) is 9.78 Å². The highest BCUT2D eigenvalue weighted by atomic mass is 32.1. The van der Waals surface area contributed by atoms with Gasteiger partial charge in [-0.05, 0) is 27.8 Å². The molecule has 2 aliphatic heterocycles. The fourth-order valence-electron chi connectivity index (χ4n) is 4.08. The topological polar surface area (TPSA) is 128 Å². The van der Waals surface area contributed by atoms with Gasteiger partial charge < -0.3 is 20.1 Å². The molecule has 1 aromatic rings. The molecule has 1 fully saturated rings. The Morgan fingerprint density at radius 2 is 2.17 bits per heavy atom. The minimum atomic E-state index is -1.04. The van der Waals surface area contributed by atoms with Crippen molar-refractivity contribution < 1.29 is 24.2 Å². The van der Waals surface area contributed by atoms with Gasteiger partial charge in [-0.1, -0.05) is 0 Å². The second-order valence-corrected chi connectivity index (χ2v) is 10.3. The second-order valence-electron chi connectivity index (χ2n) is 9.40. The van der Waals surface area contributed by atoms with E-state index < -0.39 is 11.4 Å². The first-order valence-electron chi connectivity index (χ1n) is 11.6. The lowest BCUT2D eigenvalue weighted by atomic mass is 9.93. The van der Waals surface area contributed by atoms with E-state index in [1.807, 2.05) is 12.4 Å². The van der Waals surface area contributed by atoms with Gasteiger partial charge in [0.1, 0.15) is 0 Å². The summed E-state index contributed by atoms with van der Waals surface area (Å²) in [6.07, 6.45) is 2.43. The predicted molar refractivity (Wildman–Crippen MR) is 132 cm³/mol. The van der Waals surface area contributed by atoms with Crippen LogP contribution >= 0.6 is 11.3 Å². The average Bonchev–Trinajstić information content (AvgIpc) is 3.35. The van der Waals surface area contributed by atoms with Gasteiger partial charge in [-0.15, -0.1) is 11.3 Å². The van der Waals surface area contributed by atoms with Crippen molar-refractivity contribution in [1.82, 2.24) is 25.0 Å². The Balaban J connectivity index is 1.72. The monoisotopic (exact) mass is 506 g/mol. The fraction of sp³-hybridized carbons (Fsp3) is 0.609. The fourth-order valence-corrected chi connectivity index (χ4v) is 4.68. The van der Waals surface area contributed by atoms with E-state index in [4.69, 9.17) is 4.74 Å². The zero-order valence-corrected chi connectivity index (χ0v) is 21.5. The molecular weight excluding hydrogens is 472 g/mol. The smallest absolute Gasteiger partial charge is 0.337 e. The molecule has 1 amide bonds. The van der Waals surface area contributed by atoms with Crippen LogP contribution in [0.4, 0.5) is 0 Å². The van der Waals surface area contributed by atoms with Crippen LogP contribution in [0.3, 0.4) is 0 Å². The minimum absolute atomic E-state index is 0.0147. The molecule has 2 aliphatic rings. The van der Waals surface area contributed by atoms with Gasteiger partial charge >= 0.3 is 11.9 Å². The summed E-state index contributed by atoms with van der Waals surface area (Å²) >= 11 is 1.47. The molecular formula is C23H34N6O5S. The molecule has 2 N–H and O–H groups in total. The van der Waals surface area contributed by atoms with E-state index in [0.29, 0.717) is 31.0 Å². The number of likely N-dealkylation sites (N-methyl/N-ethyl adjacent to an activating group) is 1. The summed E-state index contributed by atoms with van der Waals surface area (Å²) in [5, 5.41) is 15.4. The summed E-state index contributed by atoms with van der Waals surface area (Å²) in [5.41, 5.74) is 0.205. The molecule has 3 rings (SSSR count). The number of nitrogens with zero attached hydrogens (tertiary/aromatic N) is 5. The third-order valence-corrected chi connectivity index (χ3v) is 6.98. The molecule has 0 saturated carbocycles. The summed E-state index contributed by atoms with van der Waals surface area (Å²) in [7, 11) is 2.00. The van der Waals surface area contributed by atoms with E-state index in [0.717, 1.165) is 30.2 Å². The Morgan fingerprint density at radius 1 is 1.40 bits per heavy atom. The summed E-state index contributed by atoms with van der Waals surface area (Å²) in [4.78, 5) is 50.6. The Kier molecular flexibility index (Phi) is 8.98. The number of carboxylic acids is 1. The van der Waals surface area contributed by atoms with Crippen LogP contribution in [-0.4, -0.2) is 114 Å². The van der Waals surface area contributed by atoms with E-state index >= 15 is 0 Å². The van der Waals surface area contributed by atoms with Crippen molar-refractivity contribution in [3.05, 3.63) is 27.9 Å². The Labute approximate surface area is 209 Å². The number of carbonyl (C=O) groups is 3. The highest BCUT2D eigenvalue weighted by molar-refractivity contribution is 7.11. The first kappa shape index (κ1) is 26.8. The number of hydrogen-bond donors (Lipinski definition) is 2. The number of esters is 1. The summed E-state index contributed by atoms with van der Waals surface area (Å²) in [5.74, 6) is -0.690. The zero-order chi connectivity index (χ0) is 25.6. The standard InChI is InChI=1S/C23H34N6O5S/c1-5-34-21(31)17-10-25-19(20-24-6-9-35-20)26-18(17)13-28-8-7-27(4)16(11-28)12-29(15-30)14-23(2,3)22(32)33/h6,9,15-16H,5,7-8,10-14H2,1-4H3,(H,25,26)(H,32,33)/t16-/m0/s1. The van der Waals surface area contributed by atoms with Gasteiger partial charge in [0.05, 0.1) is 24.1 Å². The number of nitrogens with one attached hydrogen (secondary N) is 1. The highest BCUT2D eigenvalue weighted by Crippen LogP contribution is 2.20. The van der Waals surface area contributed by atoms with Gasteiger partial charge in [0.2, 0.25) is 6.41 Å². The maximum absolute atomic E-state index is 12.6. The molecule has 0 aromatic carbocycles. The second kappa shape index (κ2) is 11.7. The number of amidine groups is 1. The maximum atomic E-state index is 12.6. The first-order valence-corrected chi connectivity index (χ1v) is 12.5. The number of carbonyl (C=O) groups excluding carboxylic acids is 2. The van der Waals surface area contributed by atoms with Crippen molar-refractivity contribution in [2.75, 3.05) is 59.5 Å². The quantitative estimate of drug-likeness (QED) is 0.326. The summed E-state index contributed by atoms with van der Waals surface area (Å²) in [6, 6.07) is 0.0147. The molecule has 35 heavy (non-hydrogen) atoms. The van der Waals surface area contributed by atoms with Crippen molar-refractivity contribution >= 4 is 35.5 Å². The maximum Gasteiger partial charge on any atom is 0.337 e. The van der Waals surface area contributed by atoms with Gasteiger partial charge in [0.25, 0.3) is 0 Å². The van der Waals surface area contributed by atoms with Crippen LogP contribution in [0.25, 0.3) is 0 Å². The van der Waals surface area contributed by atoms with Crippen molar-refractivity contribution in [1.29, 1.82) is 0 Å². The molecule has 0 bridgehead atoms. The normalized spacial score (nSPS) is 19.7. The predicted octanol–water partition coefficient (Wildman–Crippen LogP) is 0.495. The van der Waals surface area contributed by atoms with Gasteiger partial charge in [0, 0.05) is 62.6 Å². The molecule has 1 aromatic heterocycles. The minimum Gasteiger partial charge on any atom is -0.481 e. The molecule has 3 heterocycles. The zero-order valence-electron chi connectivity index (χ0n) is 20.7. The average molecular weight is 507 g/mol. The third-order valence-electron chi connectivity index (χ3n) is 6.20. The number of amides is 1. The molecule has 12 heteroatoms. The van der Waals surface area contributed by atoms with Gasteiger partial charge in [0.15, 0.2) is 10.8 Å². The lowest BCUT2D eigenvalue weighted by Crippen LogP contribution is -2.57. The van der Waals surface area contributed by atoms with Crippen LogP contribution in [0.2, 0.25) is 0 Å². The number of aliphatic imine (C=N–C) groups is 1. The summed E-state index contributed by atoms with van der Waals surface area (Å²) < 4.78 is 5.26. The lowest BCUT2D eigenvalue weighted by molar-refractivity contribution is -0.148. The molecule has 0 aliphatic carbocycles. The molecule has 1 saturated heterocycles. The Morgan fingerprint density at radius 3 is 2.80 bits per heavy atom. The number of aromatic nitrogens is 1. The number of piperazine rings is 1. The number of hydrogen-bond acceptors (Lipinski definition) is 10. The molecule has 0 radical (unpaired) electrons. The van der Waals surface area contributed by atoms with Crippen LogP contribution in [-0.2, 0) is 19.1 Å². The number of thiazole rings is 1. The van der Waals surface area contributed by atoms with Crippen LogP contribution in [0.15, 0.2) is 27.8 Å². The lowest BCUT2D eigenvalue weighted by Gasteiger charge is -2.42. The van der Waals surface area contributed by atoms with Crippen molar-refractivity contribution in [3.8, 4) is 0 Å². The Hall–Kier alpha value is -2.83. The number of aliphatic carboxylic acids is 1. The first-order chi connectivity index (χ1) is 16.6. The van der Waals surface area contributed by atoms with E-state index in [2.05, 4.69) is 25.1 Å². The van der Waals surface area contributed by atoms with Crippen molar-refractivity contribution in [2.45, 2.75) is 26.8 Å². The molecule has 192 valence electrons. The van der Waals surface area contributed by atoms with Crippen LogP contribution in [0.1, 0.15) is 25.8 Å². The van der Waals surface area contributed by atoms with Gasteiger partial charge in [-0.2, -0.15) is 0 Å². The largest absolute Gasteiger partial charge is 0.481 e. The Bertz CT molecular complexity index is 977. The number of rotatable bonds is 11. The number of carboxylic acid groups (broad SMARTS) is 1. The summed E-state index contributed by atoms with van der Waals surface area (Å²) in [6.45, 7) is 8.73. The number of ether oxygens (including phenoxy) is 1. The van der Waals surface area contributed by atoms with E-state index in [9.17, 15) is 19.5 Å². The van der Waals surface area contributed by atoms with E-state index in [1.165, 1.54) is 16.2 Å². The van der Waals surface area contributed by atoms with Crippen LogP contribution < -0.4 is 5.32 Å². The molecule has 0 unspecified atom stereocenters. The third kappa shape index (κ3) is 6.86. The highest BCUT2D eigenvalue weighted by Gasteiger charge is 2.33. The van der Waals surface area contributed by atoms with Crippen molar-refractivity contribution in [3.63, 3.8) is 0 Å². The SMILES string of the molecule is CCOC(=O)C1=C(CN2CCN(C)[C@H](CN(C=O)CC(C)(C)C(=O)O)C2)NC(c2nccs2)=NC1. The van der Waals surface area contributed by atoms with Crippen LogP contribution in [0, 0.1) is 5.41 Å².